The first-order valence-corrected chi connectivity index (χ1v) is 36.9. The number of nitrogens with zero attached hydrogens (tertiary/aromatic N) is 12. The highest BCUT2D eigenvalue weighted by molar-refractivity contribution is 6.15. The molecule has 0 saturated carbocycles. The van der Waals surface area contributed by atoms with Crippen LogP contribution in [0.5, 0.6) is 0 Å². The van der Waals surface area contributed by atoms with E-state index < -0.39 is 10.8 Å². The fraction of sp³-hybridized carbons (Fsp3) is 0.0196. The Balaban J connectivity index is 1.08. The first kappa shape index (κ1) is 68.9. The van der Waals surface area contributed by atoms with E-state index in [0.717, 1.165) is 145 Å². The minimum atomic E-state index is -1.49. The molecule has 0 fully saturated rings. The summed E-state index contributed by atoms with van der Waals surface area (Å²) >= 11 is 0. The quantitative estimate of drug-likeness (QED) is 0.0941. The number of nitriles is 8. The Bertz CT molecular complexity index is 6260. The summed E-state index contributed by atoms with van der Waals surface area (Å²) in [4.78, 5) is 8.81. The van der Waals surface area contributed by atoms with Gasteiger partial charge in [0.15, 0.2) is 0 Å². The zero-order valence-corrected chi connectivity index (χ0v) is 60.9. The van der Waals surface area contributed by atoms with Crippen LogP contribution in [0.1, 0.15) is 77.9 Å². The molecule has 0 saturated heterocycles. The summed E-state index contributed by atoms with van der Waals surface area (Å²) in [7, 11) is 0. The Kier molecular flexibility index (Phi) is 17.2. The summed E-state index contributed by atoms with van der Waals surface area (Å²) in [5.74, 6) is 0. The molecule has 0 aromatic heterocycles. The lowest BCUT2D eigenvalue weighted by Crippen LogP contribution is -2.50. The molecule has 0 bridgehead atoms. The largest absolute Gasteiger partial charge is 0.310 e. The van der Waals surface area contributed by atoms with Crippen molar-refractivity contribution in [3.8, 4) is 70.8 Å². The van der Waals surface area contributed by atoms with Crippen LogP contribution in [0.3, 0.4) is 0 Å². The minimum Gasteiger partial charge on any atom is -0.310 e. The molecule has 0 spiro atoms. The van der Waals surface area contributed by atoms with Gasteiger partial charge >= 0.3 is 0 Å². The Morgan fingerprint density at radius 2 is 0.395 bits per heavy atom. The summed E-state index contributed by atoms with van der Waals surface area (Å²) in [5.41, 5.74) is 19.2. The van der Waals surface area contributed by atoms with Crippen LogP contribution in [0, 0.1) is 90.6 Å². The molecule has 526 valence electrons. The van der Waals surface area contributed by atoms with Gasteiger partial charge in [0.1, 0.15) is 0 Å². The van der Waals surface area contributed by atoms with Gasteiger partial charge < -0.3 is 19.6 Å². The molecular weight excluding hydrogens is 1390 g/mol. The summed E-state index contributed by atoms with van der Waals surface area (Å²) in [6.45, 7) is 0. The molecule has 0 amide bonds. The molecule has 12 heteroatoms. The second-order valence-corrected chi connectivity index (χ2v) is 28.0. The summed E-state index contributed by atoms with van der Waals surface area (Å²) < 4.78 is 0. The van der Waals surface area contributed by atoms with Crippen LogP contribution in [0.4, 0.5) is 68.2 Å². The molecular formula is C102H58N12. The maximum absolute atomic E-state index is 10.4. The van der Waals surface area contributed by atoms with Gasteiger partial charge in [-0.3, -0.25) is 0 Å². The van der Waals surface area contributed by atoms with Crippen LogP contribution >= 0.6 is 0 Å². The zero-order valence-electron chi connectivity index (χ0n) is 60.9. The lowest BCUT2D eigenvalue weighted by atomic mass is 9.49. The summed E-state index contributed by atoms with van der Waals surface area (Å²) in [6, 6.07) is 136. The molecule has 0 aliphatic heterocycles. The van der Waals surface area contributed by atoms with E-state index >= 15 is 0 Å². The molecule has 12 nitrogen and oxygen atoms in total. The van der Waals surface area contributed by atoms with E-state index in [-0.39, 0.29) is 0 Å². The second kappa shape index (κ2) is 28.4. The Morgan fingerprint density at radius 3 is 0.632 bits per heavy atom. The van der Waals surface area contributed by atoms with E-state index in [4.69, 9.17) is 0 Å². The third-order valence-electron chi connectivity index (χ3n) is 22.2. The monoisotopic (exact) mass is 1450 g/mol. The van der Waals surface area contributed by atoms with Crippen molar-refractivity contribution in [2.45, 2.75) is 10.8 Å². The molecule has 16 aromatic carbocycles. The van der Waals surface area contributed by atoms with E-state index in [9.17, 15) is 42.1 Å². The van der Waals surface area contributed by atoms with Gasteiger partial charge in [0.25, 0.3) is 0 Å². The van der Waals surface area contributed by atoms with Crippen molar-refractivity contribution in [3.05, 3.63) is 430 Å². The van der Waals surface area contributed by atoms with Gasteiger partial charge in [0, 0.05) is 67.6 Å². The van der Waals surface area contributed by atoms with Crippen LogP contribution in [0.2, 0.25) is 0 Å². The molecule has 0 N–H and O–H groups in total. The number of hydrogen-bond acceptors (Lipinski definition) is 12. The maximum Gasteiger partial charge on any atom is 0.0991 e. The van der Waals surface area contributed by atoms with E-state index in [0.29, 0.717) is 44.5 Å². The molecule has 0 radical (unpaired) electrons. The predicted molar refractivity (Wildman–Crippen MR) is 448 cm³/mol. The molecule has 16 aromatic rings. The van der Waals surface area contributed by atoms with E-state index in [1.165, 1.54) is 0 Å². The maximum atomic E-state index is 10.4. The van der Waals surface area contributed by atoms with Crippen LogP contribution in [-0.4, -0.2) is 0 Å². The van der Waals surface area contributed by atoms with Gasteiger partial charge in [-0.25, -0.2) is 0 Å². The molecule has 2 atom stereocenters. The van der Waals surface area contributed by atoms with Gasteiger partial charge in [0.05, 0.1) is 115 Å². The highest BCUT2D eigenvalue weighted by atomic mass is 15.2. The van der Waals surface area contributed by atoms with Gasteiger partial charge in [-0.15, -0.1) is 0 Å². The van der Waals surface area contributed by atoms with E-state index in [1.54, 1.807) is 0 Å². The van der Waals surface area contributed by atoms with Crippen molar-refractivity contribution in [2.75, 3.05) is 19.6 Å². The highest BCUT2D eigenvalue weighted by Gasteiger charge is 2.65. The second-order valence-electron chi connectivity index (χ2n) is 28.0. The first-order chi connectivity index (χ1) is 56.1. The molecule has 114 heavy (non-hydrogen) atoms. The van der Waals surface area contributed by atoms with Crippen molar-refractivity contribution in [2.24, 2.45) is 0 Å². The fourth-order valence-electron chi connectivity index (χ4n) is 17.4. The Hall–Kier alpha value is -16.8. The van der Waals surface area contributed by atoms with Crippen LogP contribution in [-0.2, 0) is 10.8 Å². The van der Waals surface area contributed by atoms with E-state index in [2.05, 4.69) is 226 Å². The summed E-state index contributed by atoms with van der Waals surface area (Å²) in [6.07, 6.45) is 0. The Labute approximate surface area is 658 Å². The topological polar surface area (TPSA) is 203 Å². The SMILES string of the molecule is N#Cc1ccc(N(c2ccc(C#N)cc2)c2ccc3c(c2)C(c2ccccc2)(C2(c4ccccc4)c4cc(N(c5ccc(C#N)cc5)c5ccc(C#N)cc5)ccc4-c4c2cc(N(c2ccc(C#N)cc2)c2ccc(C#N)cc2)c2ccccc42)c2cc(N(c4ccc(C#N)cc4)c4ccc(C#N)cc4)c4ccccc4c2-3)cc1. The summed E-state index contributed by atoms with van der Waals surface area (Å²) in [5, 5.41) is 86.9. The Morgan fingerprint density at radius 1 is 0.184 bits per heavy atom. The smallest absolute Gasteiger partial charge is 0.0991 e. The lowest BCUT2D eigenvalue weighted by Gasteiger charge is -2.51. The average Bonchev–Trinajstić information content (AvgIpc) is 1.47. The van der Waals surface area contributed by atoms with Crippen LogP contribution in [0.25, 0.3) is 43.8 Å². The first-order valence-electron chi connectivity index (χ1n) is 36.9. The number of fused-ring (bicyclic) bond motifs is 10. The van der Waals surface area contributed by atoms with Gasteiger partial charge in [-0.1, -0.05) is 121 Å². The van der Waals surface area contributed by atoms with Gasteiger partial charge in [0.2, 0.25) is 0 Å². The van der Waals surface area contributed by atoms with Gasteiger partial charge in [-0.2, -0.15) is 42.1 Å². The van der Waals surface area contributed by atoms with Crippen molar-refractivity contribution < 1.29 is 0 Å². The zero-order chi connectivity index (χ0) is 77.6. The van der Waals surface area contributed by atoms with Gasteiger partial charge in [-0.05, 0) is 297 Å². The third-order valence-corrected chi connectivity index (χ3v) is 22.2. The normalized spacial score (nSPS) is 13.8. The minimum absolute atomic E-state index is 0.478. The molecule has 2 aliphatic rings. The molecule has 18 rings (SSSR count). The van der Waals surface area contributed by atoms with E-state index in [1.807, 2.05) is 194 Å². The van der Waals surface area contributed by atoms with Crippen molar-refractivity contribution in [1.82, 2.24) is 0 Å². The number of hydrogen-bond donors (Lipinski definition) is 0. The predicted octanol–water partition coefficient (Wildman–Crippen LogP) is 24.2. The molecule has 0 heterocycles. The van der Waals surface area contributed by atoms with Crippen LogP contribution < -0.4 is 19.6 Å². The standard InChI is InChI=1S/C102H58N12/c103-59-67-19-35-77(36-20-67)111(78-37-21-68(60-104)22-38-78)85-51-53-91-93(55-85)101(75-11-3-1-4-12-75,95-57-97(87-15-7-9-17-89(87)99(91)95)113(81-43-27-71(63-107)28-44-81)82-45-29-72(64-108)30-46-82)102(76-13-5-2-6-14-76)94-56-86(112(79-39-23-69(61-105)24-40-79)80-41-25-70(62-106)26-42-80)52-54-92(94)100-90-18-10-8-16-88(90)98(58-96(100)102)114(83-47-31-73(65-109)32-48-83)84-49-33-74(66-110)34-50-84/h1-58H. The highest BCUT2D eigenvalue weighted by Crippen LogP contribution is 2.73. The van der Waals surface area contributed by atoms with Crippen LogP contribution in [0.15, 0.2) is 352 Å². The molecule has 2 aliphatic carbocycles. The number of benzene rings is 16. The lowest BCUT2D eigenvalue weighted by molar-refractivity contribution is 0.438. The number of rotatable bonds is 15. The van der Waals surface area contributed by atoms with Crippen molar-refractivity contribution >= 4 is 89.8 Å². The van der Waals surface area contributed by atoms with Crippen molar-refractivity contribution in [1.29, 1.82) is 42.1 Å². The van der Waals surface area contributed by atoms with Crippen molar-refractivity contribution in [3.63, 3.8) is 0 Å². The third kappa shape index (κ3) is 11.1. The fourth-order valence-corrected chi connectivity index (χ4v) is 17.4. The molecule has 2 unspecified atom stereocenters. The number of anilines is 12. The average molecular weight is 1450 g/mol.